The number of aromatic nitrogens is 3. The Bertz CT molecular complexity index is 1040. The van der Waals surface area contributed by atoms with Gasteiger partial charge in [0.25, 0.3) is 0 Å². The van der Waals surface area contributed by atoms with Crippen molar-refractivity contribution in [3.8, 4) is 11.4 Å². The minimum atomic E-state index is -0.277. The quantitative estimate of drug-likeness (QED) is 0.663. The molecule has 3 aromatic rings. The van der Waals surface area contributed by atoms with Gasteiger partial charge in [-0.1, -0.05) is 84.8 Å². The fourth-order valence-corrected chi connectivity index (χ4v) is 5.48. The number of carbonyl (C=O) groups is 1. The van der Waals surface area contributed by atoms with E-state index in [9.17, 15) is 4.79 Å². The summed E-state index contributed by atoms with van der Waals surface area (Å²) < 4.78 is 1.94. The molecule has 2 aliphatic heterocycles. The highest BCUT2D eigenvalue weighted by Gasteiger charge is 2.40. The molecule has 1 aromatic heterocycles. The van der Waals surface area contributed by atoms with Crippen molar-refractivity contribution < 1.29 is 4.79 Å². The number of thioether (sulfide) groups is 1. The van der Waals surface area contributed by atoms with Crippen LogP contribution in [0.25, 0.3) is 11.4 Å². The number of carbonyl (C=O) groups excluding carboxylic acids is 1. The number of hydrogen-bond donors (Lipinski definition) is 1. The fourth-order valence-electron chi connectivity index (χ4n) is 4.31. The number of likely N-dealkylation sites (tertiary alicyclic amines) is 1. The molecule has 2 unspecified atom stereocenters. The number of fused-ring (bicyclic) bond motifs is 1. The van der Waals surface area contributed by atoms with Crippen molar-refractivity contribution in [1.82, 2.24) is 19.8 Å². The zero-order chi connectivity index (χ0) is 21.2. The summed E-state index contributed by atoms with van der Waals surface area (Å²) in [5.41, 5.74) is 6.89. The topological polar surface area (TPSA) is 63.1 Å². The van der Waals surface area contributed by atoms with Gasteiger partial charge in [0.15, 0.2) is 5.82 Å². The summed E-state index contributed by atoms with van der Waals surface area (Å²) in [6.45, 7) is 3.77. The third-order valence-electron chi connectivity index (χ3n) is 6.07. The Morgan fingerprint density at radius 2 is 1.68 bits per heavy atom. The van der Waals surface area contributed by atoms with Crippen LogP contribution in [-0.4, -0.2) is 44.0 Å². The zero-order valence-corrected chi connectivity index (χ0v) is 18.5. The van der Waals surface area contributed by atoms with E-state index in [0.717, 1.165) is 48.0 Å². The first-order chi connectivity index (χ1) is 15.2. The Morgan fingerprint density at radius 1 is 0.968 bits per heavy atom. The lowest BCUT2D eigenvalue weighted by molar-refractivity contribution is -0.131. The van der Waals surface area contributed by atoms with Crippen molar-refractivity contribution in [1.29, 1.82) is 0 Å². The Morgan fingerprint density at radius 3 is 2.39 bits per heavy atom. The van der Waals surface area contributed by atoms with Gasteiger partial charge in [0.1, 0.15) is 5.25 Å². The minimum Gasteiger partial charge on any atom is -0.342 e. The van der Waals surface area contributed by atoms with Crippen LogP contribution in [0.2, 0.25) is 0 Å². The van der Waals surface area contributed by atoms with Gasteiger partial charge in [0.05, 0.1) is 6.04 Å². The number of aryl methyl sites for hydroxylation is 1. The Hall–Kier alpha value is -2.80. The van der Waals surface area contributed by atoms with Crippen molar-refractivity contribution in [2.75, 3.05) is 18.5 Å². The van der Waals surface area contributed by atoms with Gasteiger partial charge in [-0.25, -0.2) is 4.68 Å². The molecule has 0 spiro atoms. The standard InChI is InChI=1S/C24H27N5OS/c1-17-11-13-18(14-12-17)20-21(23(30)28-15-7-2-3-8-16-28)31-24-26-25-22(29(24)27-20)19-9-5-4-6-10-19/h4-6,9-14,20-21,27H,2-3,7-8,15-16H2,1H3. The highest BCUT2D eigenvalue weighted by molar-refractivity contribution is 8.00. The van der Waals surface area contributed by atoms with Crippen LogP contribution >= 0.6 is 11.8 Å². The zero-order valence-electron chi connectivity index (χ0n) is 17.7. The van der Waals surface area contributed by atoms with Gasteiger partial charge in [0, 0.05) is 18.7 Å². The van der Waals surface area contributed by atoms with E-state index in [1.165, 1.54) is 30.2 Å². The van der Waals surface area contributed by atoms with Crippen LogP contribution < -0.4 is 5.43 Å². The third-order valence-corrected chi connectivity index (χ3v) is 7.27. The number of rotatable bonds is 3. The van der Waals surface area contributed by atoms with Crippen molar-refractivity contribution in [2.45, 2.75) is 49.1 Å². The number of benzene rings is 2. The van der Waals surface area contributed by atoms with Gasteiger partial charge in [-0.05, 0) is 25.3 Å². The van der Waals surface area contributed by atoms with Gasteiger partial charge < -0.3 is 10.3 Å². The van der Waals surface area contributed by atoms with Crippen LogP contribution in [0.15, 0.2) is 59.8 Å². The summed E-state index contributed by atoms with van der Waals surface area (Å²) in [6, 6.07) is 18.3. The maximum atomic E-state index is 13.7. The lowest BCUT2D eigenvalue weighted by Crippen LogP contribution is -2.46. The van der Waals surface area contributed by atoms with Crippen LogP contribution in [0.3, 0.4) is 0 Å². The van der Waals surface area contributed by atoms with Crippen molar-refractivity contribution in [3.05, 3.63) is 65.7 Å². The normalized spacial score (nSPS) is 21.1. The molecule has 7 heteroatoms. The Balaban J connectivity index is 1.52. The fraction of sp³-hybridized carbons (Fsp3) is 0.375. The first-order valence-corrected chi connectivity index (χ1v) is 11.9. The lowest BCUT2D eigenvalue weighted by Gasteiger charge is -2.35. The molecule has 2 aromatic carbocycles. The van der Waals surface area contributed by atoms with Crippen molar-refractivity contribution >= 4 is 17.7 Å². The maximum Gasteiger partial charge on any atom is 0.238 e. The minimum absolute atomic E-state index is 0.160. The van der Waals surface area contributed by atoms with E-state index in [4.69, 9.17) is 0 Å². The smallest absolute Gasteiger partial charge is 0.238 e. The molecule has 5 rings (SSSR count). The van der Waals surface area contributed by atoms with Gasteiger partial charge in [0.2, 0.25) is 11.1 Å². The Labute approximate surface area is 187 Å². The number of amides is 1. The molecule has 1 N–H and O–H groups in total. The molecule has 6 nitrogen and oxygen atoms in total. The largest absolute Gasteiger partial charge is 0.342 e. The molecule has 2 aliphatic rings. The molecular weight excluding hydrogens is 406 g/mol. The monoisotopic (exact) mass is 433 g/mol. The average molecular weight is 434 g/mol. The highest BCUT2D eigenvalue weighted by atomic mass is 32.2. The summed E-state index contributed by atoms with van der Waals surface area (Å²) in [6.07, 6.45) is 4.58. The first-order valence-electron chi connectivity index (χ1n) is 11.0. The van der Waals surface area contributed by atoms with E-state index in [-0.39, 0.29) is 17.2 Å². The second-order valence-electron chi connectivity index (χ2n) is 8.30. The second kappa shape index (κ2) is 8.75. The summed E-state index contributed by atoms with van der Waals surface area (Å²) in [4.78, 5) is 15.7. The molecule has 1 amide bonds. The van der Waals surface area contributed by atoms with E-state index >= 15 is 0 Å². The molecule has 0 bridgehead atoms. The molecule has 2 atom stereocenters. The number of nitrogens with one attached hydrogen (secondary N) is 1. The van der Waals surface area contributed by atoms with Gasteiger partial charge >= 0.3 is 0 Å². The molecule has 0 radical (unpaired) electrons. The van der Waals surface area contributed by atoms with Gasteiger partial charge in [-0.3, -0.25) is 4.79 Å². The molecule has 1 saturated heterocycles. The molecule has 0 saturated carbocycles. The summed E-state index contributed by atoms with van der Waals surface area (Å²) >= 11 is 1.52. The van der Waals surface area contributed by atoms with E-state index in [1.807, 2.05) is 35.0 Å². The van der Waals surface area contributed by atoms with E-state index in [0.29, 0.717) is 0 Å². The average Bonchev–Trinajstić information content (AvgIpc) is 3.02. The van der Waals surface area contributed by atoms with Crippen LogP contribution in [0, 0.1) is 6.92 Å². The number of hydrogen-bond acceptors (Lipinski definition) is 5. The van der Waals surface area contributed by atoms with Crippen LogP contribution in [-0.2, 0) is 4.79 Å². The second-order valence-corrected chi connectivity index (χ2v) is 9.41. The molecule has 31 heavy (non-hydrogen) atoms. The molecule has 3 heterocycles. The van der Waals surface area contributed by atoms with E-state index in [1.54, 1.807) is 0 Å². The number of nitrogens with zero attached hydrogens (tertiary/aromatic N) is 4. The molecule has 160 valence electrons. The predicted molar refractivity (Wildman–Crippen MR) is 123 cm³/mol. The maximum absolute atomic E-state index is 13.7. The Kier molecular flexibility index (Phi) is 5.68. The van der Waals surface area contributed by atoms with E-state index < -0.39 is 0 Å². The molecule has 1 fully saturated rings. The summed E-state index contributed by atoms with van der Waals surface area (Å²) in [7, 11) is 0. The third kappa shape index (κ3) is 4.06. The van der Waals surface area contributed by atoms with Crippen molar-refractivity contribution in [3.63, 3.8) is 0 Å². The van der Waals surface area contributed by atoms with Crippen molar-refractivity contribution in [2.24, 2.45) is 0 Å². The van der Waals surface area contributed by atoms with Crippen LogP contribution in [0.5, 0.6) is 0 Å². The predicted octanol–water partition coefficient (Wildman–Crippen LogP) is 4.42. The lowest BCUT2D eigenvalue weighted by atomic mass is 10.0. The molecule has 0 aliphatic carbocycles. The van der Waals surface area contributed by atoms with Gasteiger partial charge in [-0.15, -0.1) is 10.2 Å². The summed E-state index contributed by atoms with van der Waals surface area (Å²) in [5, 5.41) is 9.31. The molecular formula is C24H27N5OS. The van der Waals surface area contributed by atoms with E-state index in [2.05, 4.69) is 51.7 Å². The highest BCUT2D eigenvalue weighted by Crippen LogP contribution is 2.39. The van der Waals surface area contributed by atoms with Crippen LogP contribution in [0.4, 0.5) is 0 Å². The SMILES string of the molecule is Cc1ccc(C2Nn3c(nnc3-c3ccccc3)SC2C(=O)N2CCCCCC2)cc1. The summed E-state index contributed by atoms with van der Waals surface area (Å²) in [5.74, 6) is 0.960. The van der Waals surface area contributed by atoms with Crippen LogP contribution in [0.1, 0.15) is 42.9 Å². The first kappa shape index (κ1) is 20.1. The van der Waals surface area contributed by atoms with Gasteiger partial charge in [-0.2, -0.15) is 0 Å².